The highest BCUT2D eigenvalue weighted by Crippen LogP contribution is 2.47. The Morgan fingerprint density at radius 1 is 1.12 bits per heavy atom. The Hall–Kier alpha value is -2.52. The van der Waals surface area contributed by atoms with E-state index in [2.05, 4.69) is 15.9 Å². The molecule has 1 aromatic carbocycles. The number of halogens is 1. The number of phenolic OH excluding ortho intramolecular Hbond substituents is 1. The fraction of sp³-hybridized carbons (Fsp3) is 0.348. The number of hydrogen-bond acceptors (Lipinski definition) is 8. The van der Waals surface area contributed by atoms with Gasteiger partial charge in [-0.25, -0.2) is 9.59 Å². The van der Waals surface area contributed by atoms with Crippen molar-refractivity contribution in [3.63, 3.8) is 0 Å². The number of carbonyl (C=O) groups excluding carboxylic acids is 3. The van der Waals surface area contributed by atoms with Gasteiger partial charge in [-0.2, -0.15) is 0 Å². The molecule has 0 aliphatic carbocycles. The maximum atomic E-state index is 13.6. The number of Topliss-reactive ketones (excluding diaryl/α,β-unsaturated/α-hetero) is 1. The number of rotatable bonds is 6. The van der Waals surface area contributed by atoms with Crippen molar-refractivity contribution in [1.82, 2.24) is 4.90 Å². The molecule has 0 saturated carbocycles. The predicted molar refractivity (Wildman–Crippen MR) is 125 cm³/mol. The number of ketones is 1. The summed E-state index contributed by atoms with van der Waals surface area (Å²) in [6.07, 6.45) is 1.57. The minimum absolute atomic E-state index is 0.00412. The number of hydrogen-bond donors (Lipinski definition) is 1. The Balaban J connectivity index is 2.28. The van der Waals surface area contributed by atoms with Gasteiger partial charge >= 0.3 is 11.9 Å². The molecule has 2 heterocycles. The van der Waals surface area contributed by atoms with E-state index in [-0.39, 0.29) is 35.7 Å². The first-order valence-corrected chi connectivity index (χ1v) is 11.7. The van der Waals surface area contributed by atoms with Crippen LogP contribution in [0.2, 0.25) is 0 Å². The number of ether oxygens (including phenoxy) is 2. The minimum atomic E-state index is -1.17. The third-order valence-electron chi connectivity index (χ3n) is 5.16. The fourth-order valence-corrected chi connectivity index (χ4v) is 5.28. The summed E-state index contributed by atoms with van der Waals surface area (Å²) in [5.74, 6) is -2.26. The molecule has 1 N–H and O–H groups in total. The molecule has 170 valence electrons. The van der Waals surface area contributed by atoms with E-state index >= 15 is 0 Å². The van der Waals surface area contributed by atoms with Gasteiger partial charge in [-0.05, 0) is 74.3 Å². The van der Waals surface area contributed by atoms with Crippen LogP contribution in [0.4, 0.5) is 0 Å². The van der Waals surface area contributed by atoms with Gasteiger partial charge in [0.25, 0.3) is 0 Å². The van der Waals surface area contributed by atoms with E-state index in [1.165, 1.54) is 11.8 Å². The second-order valence-electron chi connectivity index (χ2n) is 7.27. The quantitative estimate of drug-likeness (QED) is 0.429. The molecule has 0 aromatic heterocycles. The minimum Gasteiger partial charge on any atom is -0.506 e. The van der Waals surface area contributed by atoms with Crippen LogP contribution >= 0.6 is 27.7 Å². The first-order chi connectivity index (χ1) is 15.1. The number of phenols is 1. The second-order valence-corrected chi connectivity index (χ2v) is 9.36. The SMILES string of the molecule is CCOC(=O)C1=C(C(=O)c2cc(C)cc(Br)c2O)C=C2SC(C)=C(C)N2C1C(=O)OCC. The monoisotopic (exact) mass is 521 g/mol. The highest BCUT2D eigenvalue weighted by atomic mass is 79.9. The van der Waals surface area contributed by atoms with Gasteiger partial charge in [-0.15, -0.1) is 0 Å². The molecular weight excluding hydrogens is 498 g/mol. The number of esters is 2. The van der Waals surface area contributed by atoms with Crippen LogP contribution in [-0.4, -0.2) is 47.0 Å². The van der Waals surface area contributed by atoms with Crippen molar-refractivity contribution >= 4 is 45.4 Å². The topological polar surface area (TPSA) is 93.1 Å². The lowest BCUT2D eigenvalue weighted by Crippen LogP contribution is -2.45. The number of aromatic hydroxyl groups is 1. The standard InChI is InChI=1S/C23H24BrNO6S/c1-6-30-22(28)18-14(20(26)15-8-11(3)9-16(24)21(15)27)10-17-25(12(4)13(5)32-17)19(18)23(29)31-7-2/h8-10,19,27H,6-7H2,1-5H3. The van der Waals surface area contributed by atoms with Crippen molar-refractivity contribution < 1.29 is 29.0 Å². The molecule has 7 nitrogen and oxygen atoms in total. The van der Waals surface area contributed by atoms with Crippen molar-refractivity contribution in [1.29, 1.82) is 0 Å². The molecule has 0 radical (unpaired) electrons. The number of aryl methyl sites for hydroxylation is 1. The maximum absolute atomic E-state index is 13.6. The highest BCUT2D eigenvalue weighted by Gasteiger charge is 2.46. The van der Waals surface area contributed by atoms with Crippen LogP contribution in [0, 0.1) is 6.92 Å². The second kappa shape index (κ2) is 9.54. The van der Waals surface area contributed by atoms with Crippen molar-refractivity contribution in [2.24, 2.45) is 0 Å². The Morgan fingerprint density at radius 3 is 2.41 bits per heavy atom. The molecule has 0 spiro atoms. The van der Waals surface area contributed by atoms with E-state index in [1.54, 1.807) is 43.9 Å². The number of nitrogens with zero attached hydrogens (tertiary/aromatic N) is 1. The molecule has 0 fully saturated rings. The molecule has 2 aliphatic rings. The lowest BCUT2D eigenvalue weighted by molar-refractivity contribution is -0.150. The van der Waals surface area contributed by atoms with Crippen molar-refractivity contribution in [3.05, 3.63) is 60.6 Å². The van der Waals surface area contributed by atoms with Gasteiger partial charge < -0.3 is 19.5 Å². The normalized spacial score (nSPS) is 17.9. The molecule has 2 aliphatic heterocycles. The van der Waals surface area contributed by atoms with Gasteiger partial charge in [0.15, 0.2) is 11.8 Å². The smallest absolute Gasteiger partial charge is 0.337 e. The third-order valence-corrected chi connectivity index (χ3v) is 6.89. The Bertz CT molecular complexity index is 1100. The summed E-state index contributed by atoms with van der Waals surface area (Å²) in [5, 5.41) is 11.2. The van der Waals surface area contributed by atoms with Crippen LogP contribution in [0.25, 0.3) is 0 Å². The van der Waals surface area contributed by atoms with Gasteiger partial charge in [-0.3, -0.25) is 4.79 Å². The molecule has 9 heteroatoms. The van der Waals surface area contributed by atoms with E-state index < -0.39 is 23.8 Å². The summed E-state index contributed by atoms with van der Waals surface area (Å²) >= 11 is 4.66. The van der Waals surface area contributed by atoms with Gasteiger partial charge in [0, 0.05) is 16.2 Å². The van der Waals surface area contributed by atoms with Gasteiger partial charge in [0.2, 0.25) is 0 Å². The lowest BCUT2D eigenvalue weighted by Gasteiger charge is -2.34. The van der Waals surface area contributed by atoms with E-state index in [9.17, 15) is 19.5 Å². The van der Waals surface area contributed by atoms with Crippen molar-refractivity contribution in [2.75, 3.05) is 13.2 Å². The zero-order chi connectivity index (χ0) is 23.7. The van der Waals surface area contributed by atoms with E-state index in [0.29, 0.717) is 9.50 Å². The summed E-state index contributed by atoms with van der Waals surface area (Å²) in [6, 6.07) is 2.05. The molecular formula is C23H24BrNO6S. The lowest BCUT2D eigenvalue weighted by atomic mass is 9.89. The predicted octanol–water partition coefficient (Wildman–Crippen LogP) is 4.59. The first-order valence-electron chi connectivity index (χ1n) is 10.1. The van der Waals surface area contributed by atoms with E-state index in [4.69, 9.17) is 9.47 Å². The molecule has 0 saturated heterocycles. The average molecular weight is 522 g/mol. The Kier molecular flexibility index (Phi) is 7.19. The molecule has 1 atom stereocenters. The zero-order valence-corrected chi connectivity index (χ0v) is 20.8. The molecule has 1 aromatic rings. The van der Waals surface area contributed by atoms with Gasteiger partial charge in [0.05, 0.1) is 33.9 Å². The molecule has 0 amide bonds. The third kappa shape index (κ3) is 4.23. The molecule has 1 unspecified atom stereocenters. The number of benzene rings is 1. The summed E-state index contributed by atoms with van der Waals surface area (Å²) in [5.41, 5.74) is 1.44. The first kappa shape index (κ1) is 24.1. The van der Waals surface area contributed by atoms with Crippen LogP contribution in [0.1, 0.15) is 43.6 Å². The van der Waals surface area contributed by atoms with E-state index in [0.717, 1.165) is 16.2 Å². The van der Waals surface area contributed by atoms with Gasteiger partial charge in [0.1, 0.15) is 5.75 Å². The van der Waals surface area contributed by atoms with Crippen LogP contribution in [0.3, 0.4) is 0 Å². The summed E-state index contributed by atoms with van der Waals surface area (Å²) in [6.45, 7) is 9.03. The van der Waals surface area contributed by atoms with Crippen molar-refractivity contribution in [2.45, 2.75) is 40.7 Å². The number of carbonyl (C=O) groups is 3. The van der Waals surface area contributed by atoms with E-state index in [1.807, 2.05) is 13.8 Å². The Labute approximate surface area is 199 Å². The maximum Gasteiger partial charge on any atom is 0.337 e. The number of thioether (sulfide) groups is 1. The molecule has 0 bridgehead atoms. The summed E-state index contributed by atoms with van der Waals surface area (Å²) < 4.78 is 10.9. The van der Waals surface area contributed by atoms with Crippen LogP contribution in [0.15, 0.2) is 49.5 Å². The fourth-order valence-electron chi connectivity index (χ4n) is 3.63. The molecule has 32 heavy (non-hydrogen) atoms. The van der Waals surface area contributed by atoms with Crippen LogP contribution < -0.4 is 0 Å². The average Bonchev–Trinajstić information content (AvgIpc) is 3.02. The van der Waals surface area contributed by atoms with Crippen LogP contribution in [0.5, 0.6) is 5.75 Å². The Morgan fingerprint density at radius 2 is 1.78 bits per heavy atom. The van der Waals surface area contributed by atoms with Crippen molar-refractivity contribution in [3.8, 4) is 5.75 Å². The van der Waals surface area contributed by atoms with Gasteiger partial charge in [-0.1, -0.05) is 11.8 Å². The number of fused-ring (bicyclic) bond motifs is 1. The number of allylic oxidation sites excluding steroid dienone is 4. The summed E-state index contributed by atoms with van der Waals surface area (Å²) in [7, 11) is 0. The summed E-state index contributed by atoms with van der Waals surface area (Å²) in [4.78, 5) is 42.4. The zero-order valence-electron chi connectivity index (χ0n) is 18.4. The highest BCUT2D eigenvalue weighted by molar-refractivity contribution is 9.10. The molecule has 3 rings (SSSR count). The van der Waals surface area contributed by atoms with Crippen LogP contribution in [-0.2, 0) is 19.1 Å². The largest absolute Gasteiger partial charge is 0.506 e.